The number of rotatable bonds is 3. The molecule has 5 nitrogen and oxygen atoms in total. The first-order valence-corrected chi connectivity index (χ1v) is 9.47. The van der Waals surface area contributed by atoms with Crippen LogP contribution in [0, 0.1) is 12.3 Å². The number of likely N-dealkylation sites (tertiary alicyclic amines) is 1. The van der Waals surface area contributed by atoms with E-state index < -0.39 is 0 Å². The molecule has 2 fully saturated rings. The number of H-pyrrole nitrogens is 1. The van der Waals surface area contributed by atoms with E-state index in [1.165, 1.54) is 35.0 Å². The minimum Gasteiger partial charge on any atom is -0.358 e. The third-order valence-electron chi connectivity index (χ3n) is 5.96. The number of carbonyl (C=O) groups excluding carboxylic acids is 1. The van der Waals surface area contributed by atoms with Gasteiger partial charge in [-0.05, 0) is 50.8 Å². The number of nitrogens with one attached hydrogen (secondary N) is 3. The normalized spacial score (nSPS) is 23.5. The Labute approximate surface area is 149 Å². The topological polar surface area (TPSA) is 60.2 Å². The van der Waals surface area contributed by atoms with Crippen LogP contribution in [-0.2, 0) is 6.42 Å². The predicted octanol–water partition coefficient (Wildman–Crippen LogP) is 2.80. The maximum absolute atomic E-state index is 12.6. The number of carbonyl (C=O) groups is 1. The van der Waals surface area contributed by atoms with Gasteiger partial charge in [0.2, 0.25) is 0 Å². The van der Waals surface area contributed by atoms with Gasteiger partial charge in [-0.3, -0.25) is 0 Å². The van der Waals surface area contributed by atoms with Gasteiger partial charge in [-0.15, -0.1) is 0 Å². The average molecular weight is 340 g/mol. The van der Waals surface area contributed by atoms with Crippen LogP contribution in [0.3, 0.4) is 0 Å². The van der Waals surface area contributed by atoms with E-state index in [1.54, 1.807) is 0 Å². The van der Waals surface area contributed by atoms with E-state index in [0.717, 1.165) is 39.0 Å². The summed E-state index contributed by atoms with van der Waals surface area (Å²) >= 11 is 0. The number of hydrogen-bond acceptors (Lipinski definition) is 2. The summed E-state index contributed by atoms with van der Waals surface area (Å²) in [5, 5.41) is 7.87. The van der Waals surface area contributed by atoms with Crippen molar-refractivity contribution in [3.05, 3.63) is 35.5 Å². The van der Waals surface area contributed by atoms with E-state index >= 15 is 0 Å². The second-order valence-corrected chi connectivity index (χ2v) is 7.71. The van der Waals surface area contributed by atoms with Gasteiger partial charge in [0.1, 0.15) is 0 Å². The highest BCUT2D eigenvalue weighted by Gasteiger charge is 2.39. The molecule has 3 N–H and O–H groups in total. The number of aromatic amines is 1. The number of piperidine rings is 1. The van der Waals surface area contributed by atoms with E-state index in [0.29, 0.717) is 12.0 Å². The molecule has 5 heteroatoms. The number of fused-ring (bicyclic) bond motifs is 1. The van der Waals surface area contributed by atoms with Crippen LogP contribution in [0.15, 0.2) is 24.3 Å². The molecule has 1 aromatic carbocycles. The van der Waals surface area contributed by atoms with Crippen LogP contribution in [0.25, 0.3) is 10.9 Å². The van der Waals surface area contributed by atoms with Crippen molar-refractivity contribution in [2.45, 2.75) is 32.6 Å². The number of nitrogens with zero attached hydrogens (tertiary/aromatic N) is 1. The third-order valence-corrected chi connectivity index (χ3v) is 5.96. The quantitative estimate of drug-likeness (QED) is 0.805. The predicted molar refractivity (Wildman–Crippen MR) is 101 cm³/mol. The van der Waals surface area contributed by atoms with Crippen molar-refractivity contribution >= 4 is 16.9 Å². The molecule has 0 bridgehead atoms. The number of aromatic nitrogens is 1. The van der Waals surface area contributed by atoms with E-state index in [-0.39, 0.29) is 6.03 Å². The van der Waals surface area contributed by atoms with Crippen molar-refractivity contribution in [2.24, 2.45) is 5.41 Å². The number of hydrogen-bond donors (Lipinski definition) is 3. The zero-order valence-electron chi connectivity index (χ0n) is 15.0. The maximum atomic E-state index is 12.6. The molecule has 134 valence electrons. The fourth-order valence-electron chi connectivity index (χ4n) is 4.59. The molecule has 2 saturated heterocycles. The van der Waals surface area contributed by atoms with E-state index in [4.69, 9.17) is 0 Å². The van der Waals surface area contributed by atoms with Crippen LogP contribution in [0.1, 0.15) is 30.5 Å². The van der Waals surface area contributed by atoms with Crippen molar-refractivity contribution < 1.29 is 4.79 Å². The van der Waals surface area contributed by atoms with E-state index in [1.807, 2.05) is 11.0 Å². The van der Waals surface area contributed by atoms with Crippen LogP contribution in [-0.4, -0.2) is 48.6 Å². The van der Waals surface area contributed by atoms with Gasteiger partial charge in [0, 0.05) is 48.2 Å². The minimum atomic E-state index is 0.100. The highest BCUT2D eigenvalue weighted by molar-refractivity contribution is 5.84. The first-order valence-electron chi connectivity index (χ1n) is 9.47. The first-order chi connectivity index (χ1) is 12.2. The summed E-state index contributed by atoms with van der Waals surface area (Å²) in [5.74, 6) is 0. The largest absolute Gasteiger partial charge is 0.358 e. The average Bonchev–Trinajstić information content (AvgIpc) is 3.19. The Morgan fingerprint density at radius 1 is 1.32 bits per heavy atom. The summed E-state index contributed by atoms with van der Waals surface area (Å²) < 4.78 is 0. The van der Waals surface area contributed by atoms with Gasteiger partial charge in [-0.1, -0.05) is 18.2 Å². The zero-order valence-corrected chi connectivity index (χ0v) is 15.0. The zero-order chi connectivity index (χ0) is 17.3. The lowest BCUT2D eigenvalue weighted by molar-refractivity contribution is 0.118. The first kappa shape index (κ1) is 16.5. The van der Waals surface area contributed by atoms with Crippen LogP contribution in [0.2, 0.25) is 0 Å². The highest BCUT2D eigenvalue weighted by atomic mass is 16.2. The molecule has 0 unspecified atom stereocenters. The summed E-state index contributed by atoms with van der Waals surface area (Å²) in [6.07, 6.45) is 4.43. The fourth-order valence-corrected chi connectivity index (χ4v) is 4.59. The molecule has 0 aliphatic carbocycles. The molecule has 4 rings (SSSR count). The minimum absolute atomic E-state index is 0.100. The second kappa shape index (κ2) is 6.71. The number of aryl methyl sites for hydroxylation is 1. The Morgan fingerprint density at radius 3 is 3.04 bits per heavy atom. The van der Waals surface area contributed by atoms with E-state index in [9.17, 15) is 4.79 Å². The number of para-hydroxylation sites is 1. The lowest BCUT2D eigenvalue weighted by Gasteiger charge is -2.39. The van der Waals surface area contributed by atoms with Crippen molar-refractivity contribution in [3.8, 4) is 0 Å². The van der Waals surface area contributed by atoms with Gasteiger partial charge in [-0.2, -0.15) is 0 Å². The summed E-state index contributed by atoms with van der Waals surface area (Å²) in [6.45, 7) is 6.74. The van der Waals surface area contributed by atoms with Gasteiger partial charge < -0.3 is 20.5 Å². The number of amides is 2. The lowest BCUT2D eigenvalue weighted by atomic mass is 9.79. The molecule has 2 aromatic rings. The van der Waals surface area contributed by atoms with Crippen LogP contribution in [0.5, 0.6) is 0 Å². The molecule has 2 amide bonds. The molecular formula is C20H28N4O. The molecule has 1 spiro atoms. The SMILES string of the molecule is Cc1[nH]c2ccccc2c1CCNC(=O)N1CCC[C@]2(CCNC2)C1. The Morgan fingerprint density at radius 2 is 2.20 bits per heavy atom. The summed E-state index contributed by atoms with van der Waals surface area (Å²) in [4.78, 5) is 18.1. The standard InChI is InChI=1S/C20H28N4O/c1-15-16(17-5-2-3-6-18(17)23-15)7-10-22-19(25)24-12-4-8-20(14-24)9-11-21-13-20/h2-3,5-6,21,23H,4,7-14H2,1H3,(H,22,25)/t20-/m1/s1. The Kier molecular flexibility index (Phi) is 4.42. The molecule has 1 atom stereocenters. The van der Waals surface area contributed by atoms with Crippen molar-refractivity contribution in [1.29, 1.82) is 0 Å². The molecule has 25 heavy (non-hydrogen) atoms. The summed E-state index contributed by atoms with van der Waals surface area (Å²) in [7, 11) is 0. The second-order valence-electron chi connectivity index (χ2n) is 7.71. The lowest BCUT2D eigenvalue weighted by Crippen LogP contribution is -2.50. The van der Waals surface area contributed by atoms with Crippen LogP contribution >= 0.6 is 0 Å². The Bertz CT molecular complexity index is 760. The molecule has 1 aromatic heterocycles. The number of urea groups is 1. The molecule has 0 radical (unpaired) electrons. The van der Waals surface area contributed by atoms with Crippen LogP contribution < -0.4 is 10.6 Å². The van der Waals surface area contributed by atoms with Crippen molar-refractivity contribution in [3.63, 3.8) is 0 Å². The fraction of sp³-hybridized carbons (Fsp3) is 0.550. The smallest absolute Gasteiger partial charge is 0.317 e. The summed E-state index contributed by atoms with van der Waals surface area (Å²) in [6, 6.07) is 8.47. The van der Waals surface area contributed by atoms with Gasteiger partial charge in [0.05, 0.1) is 0 Å². The van der Waals surface area contributed by atoms with Gasteiger partial charge in [0.25, 0.3) is 0 Å². The monoisotopic (exact) mass is 340 g/mol. The van der Waals surface area contributed by atoms with Crippen molar-refractivity contribution in [1.82, 2.24) is 20.5 Å². The molecule has 0 saturated carbocycles. The Hall–Kier alpha value is -2.01. The van der Waals surface area contributed by atoms with E-state index in [2.05, 4.69) is 40.7 Å². The van der Waals surface area contributed by atoms with Gasteiger partial charge in [0.15, 0.2) is 0 Å². The third kappa shape index (κ3) is 3.25. The summed E-state index contributed by atoms with van der Waals surface area (Å²) in [5.41, 5.74) is 4.01. The maximum Gasteiger partial charge on any atom is 0.317 e. The molecular weight excluding hydrogens is 312 g/mol. The molecule has 3 heterocycles. The van der Waals surface area contributed by atoms with Gasteiger partial charge in [-0.25, -0.2) is 4.79 Å². The van der Waals surface area contributed by atoms with Crippen molar-refractivity contribution in [2.75, 3.05) is 32.7 Å². The highest BCUT2D eigenvalue weighted by Crippen LogP contribution is 2.35. The van der Waals surface area contributed by atoms with Crippen LogP contribution in [0.4, 0.5) is 4.79 Å². The van der Waals surface area contributed by atoms with Gasteiger partial charge >= 0.3 is 6.03 Å². The number of benzene rings is 1. The molecule has 2 aliphatic heterocycles. The Balaban J connectivity index is 1.35. The molecule has 2 aliphatic rings.